The van der Waals surface area contributed by atoms with Crippen molar-refractivity contribution in [3.63, 3.8) is 0 Å². The molecule has 34 heavy (non-hydrogen) atoms. The van der Waals surface area contributed by atoms with Crippen LogP contribution in [0.5, 0.6) is 11.5 Å². The Hall–Kier alpha value is -4.14. The highest BCUT2D eigenvalue weighted by Gasteiger charge is 2.29. The molecule has 0 bridgehead atoms. The van der Waals surface area contributed by atoms with Crippen LogP contribution >= 0.6 is 0 Å². The van der Waals surface area contributed by atoms with Crippen LogP contribution in [0.1, 0.15) is 35.0 Å². The Kier molecular flexibility index (Phi) is 5.75. The maximum absolute atomic E-state index is 5.61. The van der Waals surface area contributed by atoms with E-state index in [4.69, 9.17) is 19.4 Å². The fourth-order valence-corrected chi connectivity index (χ4v) is 4.44. The van der Waals surface area contributed by atoms with E-state index >= 15 is 0 Å². The molecule has 0 amide bonds. The Morgan fingerprint density at radius 2 is 1.94 bits per heavy atom. The number of anilines is 3. The maximum atomic E-state index is 5.61. The number of ether oxygens (including phenoxy) is 2. The molecule has 0 radical (unpaired) electrons. The van der Waals surface area contributed by atoms with Gasteiger partial charge in [-0.2, -0.15) is 10.1 Å². The van der Waals surface area contributed by atoms with Crippen molar-refractivity contribution in [3.05, 3.63) is 71.4 Å². The molecule has 174 valence electrons. The fourth-order valence-electron chi connectivity index (χ4n) is 4.44. The summed E-state index contributed by atoms with van der Waals surface area (Å²) in [4.78, 5) is 13.9. The lowest BCUT2D eigenvalue weighted by atomic mass is 9.96. The molecule has 9 heteroatoms. The molecular weight excluding hydrogens is 430 g/mol. The second-order valence-electron chi connectivity index (χ2n) is 8.13. The monoisotopic (exact) mass is 457 g/mol. The second-order valence-corrected chi connectivity index (χ2v) is 8.13. The third-order valence-electron chi connectivity index (χ3n) is 6.07. The topological polar surface area (TPSA) is 99.0 Å². The summed E-state index contributed by atoms with van der Waals surface area (Å²) in [6, 6.07) is 14.0. The number of nitrogens with one attached hydrogen (secondary N) is 2. The van der Waals surface area contributed by atoms with Gasteiger partial charge < -0.3 is 20.1 Å². The SMILES string of the molecule is CNc1nc(Nc2ccc(-n3cnc(C)n3)c(OC)c2)nc2c1CC[C@@H]2c1cccc(OC)c1. The summed E-state index contributed by atoms with van der Waals surface area (Å²) >= 11 is 0. The Morgan fingerprint density at radius 3 is 2.68 bits per heavy atom. The van der Waals surface area contributed by atoms with Gasteiger partial charge in [-0.3, -0.25) is 0 Å². The number of benzene rings is 2. The zero-order chi connectivity index (χ0) is 23.7. The van der Waals surface area contributed by atoms with Crippen LogP contribution in [0.2, 0.25) is 0 Å². The van der Waals surface area contributed by atoms with Gasteiger partial charge in [0.1, 0.15) is 35.2 Å². The molecule has 0 aliphatic heterocycles. The highest BCUT2D eigenvalue weighted by molar-refractivity contribution is 5.64. The summed E-state index contributed by atoms with van der Waals surface area (Å²) in [5.41, 5.74) is 5.01. The number of fused-ring (bicyclic) bond motifs is 1. The van der Waals surface area contributed by atoms with Crippen molar-refractivity contribution in [3.8, 4) is 17.2 Å². The van der Waals surface area contributed by atoms with Crippen molar-refractivity contribution in [2.45, 2.75) is 25.7 Å². The van der Waals surface area contributed by atoms with E-state index in [1.165, 1.54) is 5.56 Å². The van der Waals surface area contributed by atoms with Crippen molar-refractivity contribution >= 4 is 17.5 Å². The molecule has 0 saturated carbocycles. The average Bonchev–Trinajstić information content (AvgIpc) is 3.49. The Morgan fingerprint density at radius 1 is 1.06 bits per heavy atom. The van der Waals surface area contributed by atoms with Crippen LogP contribution in [0.3, 0.4) is 0 Å². The zero-order valence-corrected chi connectivity index (χ0v) is 19.7. The van der Waals surface area contributed by atoms with Crippen molar-refractivity contribution in [1.82, 2.24) is 24.7 Å². The Labute approximate surface area is 198 Å². The minimum Gasteiger partial charge on any atom is -0.497 e. The van der Waals surface area contributed by atoms with Gasteiger partial charge in [0.25, 0.3) is 0 Å². The van der Waals surface area contributed by atoms with Gasteiger partial charge in [0.15, 0.2) is 0 Å². The van der Waals surface area contributed by atoms with Gasteiger partial charge in [0.05, 0.1) is 19.9 Å². The van der Waals surface area contributed by atoms with Crippen LogP contribution in [0.25, 0.3) is 5.69 Å². The summed E-state index contributed by atoms with van der Waals surface area (Å²) < 4.78 is 12.7. The van der Waals surface area contributed by atoms with Crippen LogP contribution in [0, 0.1) is 6.92 Å². The van der Waals surface area contributed by atoms with E-state index in [0.29, 0.717) is 17.5 Å². The first kappa shape index (κ1) is 21.7. The fraction of sp³-hybridized carbons (Fsp3) is 0.280. The zero-order valence-electron chi connectivity index (χ0n) is 19.7. The maximum Gasteiger partial charge on any atom is 0.229 e. The molecule has 0 saturated heterocycles. The molecule has 2 aromatic carbocycles. The van der Waals surface area contributed by atoms with E-state index in [-0.39, 0.29) is 5.92 Å². The van der Waals surface area contributed by atoms with Crippen LogP contribution in [-0.2, 0) is 6.42 Å². The molecule has 2 N–H and O–H groups in total. The Balaban J connectivity index is 1.48. The smallest absolute Gasteiger partial charge is 0.229 e. The predicted molar refractivity (Wildman–Crippen MR) is 131 cm³/mol. The lowest BCUT2D eigenvalue weighted by Crippen LogP contribution is -2.08. The number of aryl methyl sites for hydroxylation is 1. The Bertz CT molecular complexity index is 1330. The lowest BCUT2D eigenvalue weighted by molar-refractivity contribution is 0.412. The molecule has 1 aliphatic carbocycles. The number of hydrogen-bond acceptors (Lipinski definition) is 8. The number of rotatable bonds is 7. The molecule has 0 fully saturated rings. The van der Waals surface area contributed by atoms with Gasteiger partial charge >= 0.3 is 0 Å². The summed E-state index contributed by atoms with van der Waals surface area (Å²) in [6.45, 7) is 1.85. The third-order valence-corrected chi connectivity index (χ3v) is 6.07. The van der Waals surface area contributed by atoms with E-state index in [0.717, 1.165) is 47.0 Å². The van der Waals surface area contributed by atoms with Crippen LogP contribution in [-0.4, -0.2) is 46.0 Å². The molecule has 5 rings (SSSR count). The number of aromatic nitrogens is 5. The van der Waals surface area contributed by atoms with Crippen LogP contribution in [0.4, 0.5) is 17.5 Å². The molecular formula is C25H27N7O2. The average molecular weight is 458 g/mol. The van der Waals surface area contributed by atoms with Gasteiger partial charge in [0, 0.05) is 30.3 Å². The standard InChI is InChI=1S/C25H27N7O2/c1-15-27-14-32(31-15)21-11-8-17(13-22(21)34-4)28-25-29-23-19(9-10-20(23)24(26-2)30-25)16-6-5-7-18(12-16)33-3/h5-8,11-14,19H,9-10H2,1-4H3,(H2,26,28,29,30)/t19-/m1/s1. The molecule has 1 aliphatic rings. The second kappa shape index (κ2) is 9.01. The summed E-state index contributed by atoms with van der Waals surface area (Å²) in [6.07, 6.45) is 3.57. The van der Waals surface area contributed by atoms with Crippen molar-refractivity contribution in [1.29, 1.82) is 0 Å². The van der Waals surface area contributed by atoms with E-state index in [1.54, 1.807) is 25.2 Å². The summed E-state index contributed by atoms with van der Waals surface area (Å²) in [5.74, 6) is 3.78. The lowest BCUT2D eigenvalue weighted by Gasteiger charge is -2.16. The van der Waals surface area contributed by atoms with E-state index < -0.39 is 0 Å². The largest absolute Gasteiger partial charge is 0.497 e. The molecule has 0 unspecified atom stereocenters. The van der Waals surface area contributed by atoms with Crippen molar-refractivity contribution < 1.29 is 9.47 Å². The van der Waals surface area contributed by atoms with E-state index in [9.17, 15) is 0 Å². The molecule has 9 nitrogen and oxygen atoms in total. The van der Waals surface area contributed by atoms with Crippen molar-refractivity contribution in [2.75, 3.05) is 31.9 Å². The van der Waals surface area contributed by atoms with E-state index in [2.05, 4.69) is 32.8 Å². The molecule has 1 atom stereocenters. The van der Waals surface area contributed by atoms with Gasteiger partial charge in [-0.1, -0.05) is 12.1 Å². The van der Waals surface area contributed by atoms with Gasteiger partial charge in [0.2, 0.25) is 5.95 Å². The molecule has 0 spiro atoms. The third kappa shape index (κ3) is 4.00. The number of nitrogens with zero attached hydrogens (tertiary/aromatic N) is 5. The summed E-state index contributed by atoms with van der Waals surface area (Å²) in [5, 5.41) is 11.0. The minimum atomic E-state index is 0.188. The quantitative estimate of drug-likeness (QED) is 0.425. The van der Waals surface area contributed by atoms with Gasteiger partial charge in [-0.05, 0) is 49.6 Å². The van der Waals surface area contributed by atoms with Crippen molar-refractivity contribution in [2.24, 2.45) is 0 Å². The van der Waals surface area contributed by atoms with Crippen LogP contribution in [0.15, 0.2) is 48.8 Å². The predicted octanol–water partition coefficient (Wildman–Crippen LogP) is 4.25. The molecule has 2 aromatic heterocycles. The number of hydrogen-bond donors (Lipinski definition) is 2. The van der Waals surface area contributed by atoms with E-state index in [1.807, 2.05) is 44.3 Å². The van der Waals surface area contributed by atoms with Gasteiger partial charge in [-0.15, -0.1) is 0 Å². The van der Waals surface area contributed by atoms with Gasteiger partial charge in [-0.25, -0.2) is 14.6 Å². The number of methoxy groups -OCH3 is 2. The highest BCUT2D eigenvalue weighted by atomic mass is 16.5. The normalized spacial score (nSPS) is 14.5. The first-order valence-electron chi connectivity index (χ1n) is 11.2. The molecule has 2 heterocycles. The highest BCUT2D eigenvalue weighted by Crippen LogP contribution is 2.41. The van der Waals surface area contributed by atoms with Crippen LogP contribution < -0.4 is 20.1 Å². The molecule has 4 aromatic rings. The first-order chi connectivity index (χ1) is 16.6. The minimum absolute atomic E-state index is 0.188. The summed E-state index contributed by atoms with van der Waals surface area (Å²) in [7, 11) is 5.22. The first-order valence-corrected chi connectivity index (χ1v) is 11.2.